The van der Waals surface area contributed by atoms with Crippen molar-refractivity contribution in [3.8, 4) is 23.0 Å². The molecule has 0 aromatic heterocycles. The number of phenols is 1. The molecule has 0 spiro atoms. The van der Waals surface area contributed by atoms with Crippen molar-refractivity contribution in [1.82, 2.24) is 0 Å². The number of fused-ring (bicyclic) bond motifs is 1. The summed E-state index contributed by atoms with van der Waals surface area (Å²) in [6, 6.07) is 3.30. The maximum Gasteiger partial charge on any atom is 0.216 e. The summed E-state index contributed by atoms with van der Waals surface area (Å²) in [5.74, 6) is 2.16. The molecular formula is C9H10O3. The second kappa shape index (κ2) is 2.59. The molecule has 1 aliphatic rings. The summed E-state index contributed by atoms with van der Waals surface area (Å²) < 4.78 is 10.4. The van der Waals surface area contributed by atoms with Crippen LogP contribution in [0.3, 0.4) is 0 Å². The summed E-state index contributed by atoms with van der Waals surface area (Å²) >= 11 is 0. The summed E-state index contributed by atoms with van der Waals surface area (Å²) in [6.45, 7) is 2.72. The van der Waals surface area contributed by atoms with E-state index in [2.05, 4.69) is 0 Å². The second-order valence-corrected chi connectivity index (χ2v) is 2.69. The highest BCUT2D eigenvalue weighted by Crippen LogP contribution is 2.57. The summed E-state index contributed by atoms with van der Waals surface area (Å²) in [5.41, 5.74) is 0. The molecule has 12 heavy (non-hydrogen) atoms. The molecule has 0 saturated carbocycles. The zero-order valence-electron chi connectivity index (χ0n) is 6.83. The van der Waals surface area contributed by atoms with Crippen molar-refractivity contribution < 1.29 is 14.6 Å². The molecule has 0 unspecified atom stereocenters. The minimum Gasteiger partial charge on any atom is -0.504 e. The number of hydrogen-bond donors (Lipinski definition) is 1. The van der Waals surface area contributed by atoms with E-state index >= 15 is 0 Å². The first-order valence-corrected chi connectivity index (χ1v) is 3.99. The minimum atomic E-state index is 0.189. The van der Waals surface area contributed by atoms with Gasteiger partial charge in [0.25, 0.3) is 0 Å². The van der Waals surface area contributed by atoms with Gasteiger partial charge in [-0.25, -0.2) is 0 Å². The summed E-state index contributed by atoms with van der Waals surface area (Å²) in [7, 11) is 0. The van der Waals surface area contributed by atoms with Crippen molar-refractivity contribution in [2.24, 2.45) is 0 Å². The third-order valence-electron chi connectivity index (χ3n) is 1.68. The Morgan fingerprint density at radius 2 is 2.25 bits per heavy atom. The second-order valence-electron chi connectivity index (χ2n) is 2.69. The molecule has 1 aliphatic heterocycles. The van der Waals surface area contributed by atoms with Gasteiger partial charge in [0, 0.05) is 0 Å². The molecule has 3 nitrogen and oxygen atoms in total. The van der Waals surface area contributed by atoms with E-state index in [1.54, 1.807) is 12.1 Å². The van der Waals surface area contributed by atoms with Gasteiger partial charge in [-0.15, -0.1) is 0 Å². The Morgan fingerprint density at radius 3 is 3.00 bits per heavy atom. The predicted molar refractivity (Wildman–Crippen MR) is 44.0 cm³/mol. The van der Waals surface area contributed by atoms with Gasteiger partial charge in [0.2, 0.25) is 11.5 Å². The number of aromatic hydroxyl groups is 1. The van der Waals surface area contributed by atoms with Crippen molar-refractivity contribution in [2.45, 2.75) is 13.3 Å². The van der Waals surface area contributed by atoms with E-state index in [0.29, 0.717) is 18.1 Å². The fraction of sp³-hybridized carbons (Fsp3) is 0.333. The van der Waals surface area contributed by atoms with E-state index in [1.807, 2.05) is 6.92 Å². The van der Waals surface area contributed by atoms with Crippen LogP contribution in [0.25, 0.3) is 0 Å². The topological polar surface area (TPSA) is 42.0 Å². The highest BCUT2D eigenvalue weighted by molar-refractivity contribution is 5.69. The molecule has 0 aliphatic carbocycles. The van der Waals surface area contributed by atoms with E-state index < -0.39 is 0 Å². The molecule has 2 rings (SSSR count). The fourth-order valence-electron chi connectivity index (χ4n) is 1.04. The Kier molecular flexibility index (Phi) is 1.57. The van der Waals surface area contributed by atoms with Crippen LogP contribution in [0.4, 0.5) is 0 Å². The van der Waals surface area contributed by atoms with Gasteiger partial charge in [-0.3, -0.25) is 0 Å². The Balaban J connectivity index is 2.15. The Hall–Kier alpha value is -1.38. The molecule has 0 atom stereocenters. The van der Waals surface area contributed by atoms with Gasteiger partial charge in [0.05, 0.1) is 6.61 Å². The molecule has 0 saturated heterocycles. The standard InChI is InChI=1S/C9H10O3/c1-2-5-11-7-4-3-6(10)8-9(7)12-8/h3-4,10H,2,5H2,1H3. The third-order valence-corrected chi connectivity index (χ3v) is 1.68. The van der Waals surface area contributed by atoms with Crippen LogP contribution >= 0.6 is 0 Å². The zero-order chi connectivity index (χ0) is 8.55. The molecule has 64 valence electrons. The lowest BCUT2D eigenvalue weighted by molar-refractivity contribution is 0.314. The van der Waals surface area contributed by atoms with E-state index in [1.165, 1.54) is 0 Å². The van der Waals surface area contributed by atoms with E-state index in [0.717, 1.165) is 12.2 Å². The van der Waals surface area contributed by atoms with E-state index in [9.17, 15) is 0 Å². The van der Waals surface area contributed by atoms with Gasteiger partial charge < -0.3 is 14.6 Å². The van der Waals surface area contributed by atoms with Gasteiger partial charge in [-0.1, -0.05) is 6.92 Å². The van der Waals surface area contributed by atoms with Crippen LogP contribution in [0, 0.1) is 0 Å². The first kappa shape index (κ1) is 7.28. The van der Waals surface area contributed by atoms with Gasteiger partial charge in [-0.05, 0) is 18.6 Å². The summed E-state index contributed by atoms with van der Waals surface area (Å²) in [5, 5.41) is 9.14. The lowest BCUT2D eigenvalue weighted by atomic mass is 10.3. The molecule has 1 heterocycles. The first-order valence-electron chi connectivity index (χ1n) is 3.99. The lowest BCUT2D eigenvalue weighted by Crippen LogP contribution is -1.93. The molecular weight excluding hydrogens is 156 g/mol. The minimum absolute atomic E-state index is 0.189. The van der Waals surface area contributed by atoms with Crippen molar-refractivity contribution in [2.75, 3.05) is 6.61 Å². The molecule has 0 fully saturated rings. The van der Waals surface area contributed by atoms with Crippen LogP contribution in [0.2, 0.25) is 0 Å². The highest BCUT2D eigenvalue weighted by atomic mass is 16.6. The van der Waals surface area contributed by atoms with Crippen LogP contribution < -0.4 is 9.47 Å². The average Bonchev–Trinajstić information content (AvgIpc) is 2.83. The summed E-state index contributed by atoms with van der Waals surface area (Å²) in [4.78, 5) is 0. The molecule has 3 heteroatoms. The maximum atomic E-state index is 9.14. The number of benzene rings is 1. The van der Waals surface area contributed by atoms with Gasteiger partial charge in [0.1, 0.15) is 0 Å². The fourth-order valence-corrected chi connectivity index (χ4v) is 1.04. The first-order chi connectivity index (χ1) is 5.83. The third kappa shape index (κ3) is 1.07. The molecule has 0 bridgehead atoms. The Morgan fingerprint density at radius 1 is 1.42 bits per heavy atom. The predicted octanol–water partition coefficient (Wildman–Crippen LogP) is 2.29. The Labute approximate surface area is 70.5 Å². The largest absolute Gasteiger partial charge is 0.504 e. The molecule has 1 N–H and O–H groups in total. The number of phenolic OH excluding ortho intramolecular Hbond substituents is 1. The van der Waals surface area contributed by atoms with Gasteiger partial charge in [0.15, 0.2) is 11.5 Å². The van der Waals surface area contributed by atoms with Gasteiger partial charge >= 0.3 is 0 Å². The molecule has 0 amide bonds. The maximum absolute atomic E-state index is 9.14. The van der Waals surface area contributed by atoms with Crippen molar-refractivity contribution in [1.29, 1.82) is 0 Å². The lowest BCUT2D eigenvalue weighted by Gasteiger charge is -2.00. The van der Waals surface area contributed by atoms with E-state index in [-0.39, 0.29) is 5.75 Å². The van der Waals surface area contributed by atoms with Crippen LogP contribution in [0.15, 0.2) is 12.1 Å². The van der Waals surface area contributed by atoms with Gasteiger partial charge in [-0.2, -0.15) is 0 Å². The van der Waals surface area contributed by atoms with Crippen molar-refractivity contribution in [3.05, 3.63) is 12.1 Å². The number of ether oxygens (including phenoxy) is 2. The average molecular weight is 166 g/mol. The normalized spacial score (nSPS) is 11.8. The number of hydrogen-bond acceptors (Lipinski definition) is 3. The molecule has 0 radical (unpaired) electrons. The quantitative estimate of drug-likeness (QED) is 0.711. The molecule has 1 aromatic carbocycles. The number of rotatable bonds is 3. The van der Waals surface area contributed by atoms with Crippen molar-refractivity contribution >= 4 is 0 Å². The SMILES string of the molecule is CCCOc1ccc(O)c2c1O2. The van der Waals surface area contributed by atoms with E-state index in [4.69, 9.17) is 14.6 Å². The Bertz CT molecular complexity index is 307. The summed E-state index contributed by atoms with van der Waals surface area (Å²) in [6.07, 6.45) is 0.968. The molecule has 1 aromatic rings. The van der Waals surface area contributed by atoms with Crippen LogP contribution in [0.5, 0.6) is 23.0 Å². The van der Waals surface area contributed by atoms with Crippen LogP contribution in [0.1, 0.15) is 13.3 Å². The monoisotopic (exact) mass is 166 g/mol. The van der Waals surface area contributed by atoms with Crippen LogP contribution in [-0.4, -0.2) is 11.7 Å². The smallest absolute Gasteiger partial charge is 0.216 e. The van der Waals surface area contributed by atoms with Crippen molar-refractivity contribution in [3.63, 3.8) is 0 Å². The van der Waals surface area contributed by atoms with Crippen LogP contribution in [-0.2, 0) is 0 Å². The zero-order valence-corrected chi connectivity index (χ0v) is 6.83. The highest BCUT2D eigenvalue weighted by Gasteiger charge is 2.29.